The standard InChI is InChI=1S/C12H17Br2NOS/c13-11-4-10(17-12(11)14)6-15-5-8-2-1-3-9(8)7-16/h4,8-9,15-16H,1-3,5-7H2. The summed E-state index contributed by atoms with van der Waals surface area (Å²) in [6, 6.07) is 2.15. The summed E-state index contributed by atoms with van der Waals surface area (Å²) in [5.74, 6) is 1.18. The lowest BCUT2D eigenvalue weighted by molar-refractivity contribution is 0.192. The van der Waals surface area contributed by atoms with Crippen LogP contribution in [0.5, 0.6) is 0 Å². The van der Waals surface area contributed by atoms with Gasteiger partial charge in [0, 0.05) is 22.5 Å². The summed E-state index contributed by atoms with van der Waals surface area (Å²) in [7, 11) is 0. The summed E-state index contributed by atoms with van der Waals surface area (Å²) in [6.07, 6.45) is 3.72. The number of aliphatic hydroxyl groups is 1. The maximum absolute atomic E-state index is 9.25. The van der Waals surface area contributed by atoms with E-state index in [1.807, 2.05) is 0 Å². The van der Waals surface area contributed by atoms with Crippen molar-refractivity contribution >= 4 is 43.2 Å². The van der Waals surface area contributed by atoms with E-state index in [1.165, 1.54) is 24.1 Å². The lowest BCUT2D eigenvalue weighted by Crippen LogP contribution is -2.26. The van der Waals surface area contributed by atoms with Gasteiger partial charge >= 0.3 is 0 Å². The number of nitrogens with one attached hydrogen (secondary N) is 1. The van der Waals surface area contributed by atoms with Crippen molar-refractivity contribution in [2.75, 3.05) is 13.2 Å². The molecule has 1 aliphatic carbocycles. The van der Waals surface area contributed by atoms with Gasteiger partial charge in [0.25, 0.3) is 0 Å². The molecule has 1 saturated carbocycles. The summed E-state index contributed by atoms with van der Waals surface area (Å²) < 4.78 is 2.29. The average Bonchev–Trinajstić information content (AvgIpc) is 2.87. The van der Waals surface area contributed by atoms with Gasteiger partial charge in [0.2, 0.25) is 0 Å². The van der Waals surface area contributed by atoms with Crippen LogP contribution in [0.25, 0.3) is 0 Å². The van der Waals surface area contributed by atoms with Crippen LogP contribution in [0.2, 0.25) is 0 Å². The first-order chi connectivity index (χ1) is 8.20. The molecular weight excluding hydrogens is 366 g/mol. The van der Waals surface area contributed by atoms with Gasteiger partial charge < -0.3 is 10.4 Å². The second-order valence-corrected chi connectivity index (χ2v) is 7.91. The molecule has 0 saturated heterocycles. The van der Waals surface area contributed by atoms with Crippen LogP contribution in [-0.4, -0.2) is 18.3 Å². The van der Waals surface area contributed by atoms with E-state index < -0.39 is 0 Å². The van der Waals surface area contributed by atoms with Crippen LogP contribution in [0.3, 0.4) is 0 Å². The van der Waals surface area contributed by atoms with Crippen LogP contribution in [0.4, 0.5) is 0 Å². The highest BCUT2D eigenvalue weighted by Crippen LogP contribution is 2.33. The Morgan fingerprint density at radius 2 is 2.12 bits per heavy atom. The SMILES string of the molecule is OCC1CCCC1CNCc1cc(Br)c(Br)s1. The number of hydrogen-bond acceptors (Lipinski definition) is 3. The largest absolute Gasteiger partial charge is 0.396 e. The molecule has 17 heavy (non-hydrogen) atoms. The van der Waals surface area contributed by atoms with Gasteiger partial charge in [0.1, 0.15) is 0 Å². The molecule has 2 unspecified atom stereocenters. The van der Waals surface area contributed by atoms with Gasteiger partial charge in [-0.3, -0.25) is 0 Å². The number of halogens is 2. The second-order valence-electron chi connectivity index (χ2n) is 4.60. The number of hydrogen-bond donors (Lipinski definition) is 2. The smallest absolute Gasteiger partial charge is 0.0843 e. The fraction of sp³-hybridized carbons (Fsp3) is 0.667. The molecule has 1 aliphatic rings. The molecule has 2 atom stereocenters. The van der Waals surface area contributed by atoms with Gasteiger partial charge in [-0.25, -0.2) is 0 Å². The molecule has 0 bridgehead atoms. The highest BCUT2D eigenvalue weighted by atomic mass is 79.9. The summed E-state index contributed by atoms with van der Waals surface area (Å²) in [6.45, 7) is 2.30. The highest BCUT2D eigenvalue weighted by Gasteiger charge is 2.25. The molecule has 1 aromatic heterocycles. The predicted molar refractivity (Wildman–Crippen MR) is 79.3 cm³/mol. The van der Waals surface area contributed by atoms with E-state index in [4.69, 9.17) is 0 Å². The van der Waals surface area contributed by atoms with Gasteiger partial charge in [-0.2, -0.15) is 0 Å². The molecular formula is C12H17Br2NOS. The zero-order chi connectivity index (χ0) is 12.3. The van der Waals surface area contributed by atoms with E-state index in [1.54, 1.807) is 11.3 Å². The van der Waals surface area contributed by atoms with E-state index in [9.17, 15) is 5.11 Å². The monoisotopic (exact) mass is 381 g/mol. The zero-order valence-electron chi connectivity index (χ0n) is 9.59. The van der Waals surface area contributed by atoms with Crippen molar-refractivity contribution < 1.29 is 5.11 Å². The first-order valence-corrected chi connectivity index (χ1v) is 8.36. The van der Waals surface area contributed by atoms with E-state index in [0.29, 0.717) is 18.4 Å². The van der Waals surface area contributed by atoms with E-state index in [0.717, 1.165) is 21.3 Å². The van der Waals surface area contributed by atoms with Crippen molar-refractivity contribution in [3.8, 4) is 0 Å². The molecule has 2 rings (SSSR count). The molecule has 2 nitrogen and oxygen atoms in total. The quantitative estimate of drug-likeness (QED) is 0.812. The van der Waals surface area contributed by atoms with Gasteiger partial charge in [-0.15, -0.1) is 11.3 Å². The van der Waals surface area contributed by atoms with Crippen LogP contribution >= 0.6 is 43.2 Å². The molecule has 5 heteroatoms. The van der Waals surface area contributed by atoms with Crippen molar-refractivity contribution in [1.29, 1.82) is 0 Å². The predicted octanol–water partition coefficient (Wildman–Crippen LogP) is 3.77. The van der Waals surface area contributed by atoms with Crippen molar-refractivity contribution in [3.05, 3.63) is 19.2 Å². The molecule has 0 amide bonds. The molecule has 96 valence electrons. The van der Waals surface area contributed by atoms with Crippen LogP contribution < -0.4 is 5.32 Å². The van der Waals surface area contributed by atoms with Crippen LogP contribution in [0.15, 0.2) is 14.3 Å². The Bertz CT molecular complexity index is 350. The average molecular weight is 383 g/mol. The fourth-order valence-electron chi connectivity index (χ4n) is 2.48. The van der Waals surface area contributed by atoms with Gasteiger partial charge in [0.15, 0.2) is 0 Å². The number of rotatable bonds is 5. The summed E-state index contributed by atoms with van der Waals surface area (Å²) >= 11 is 8.76. The molecule has 2 N–H and O–H groups in total. The summed E-state index contributed by atoms with van der Waals surface area (Å²) in [5, 5.41) is 12.8. The van der Waals surface area contributed by atoms with E-state index in [2.05, 4.69) is 43.2 Å². The normalized spacial score (nSPS) is 24.4. The lowest BCUT2D eigenvalue weighted by atomic mass is 9.97. The highest BCUT2D eigenvalue weighted by molar-refractivity contribution is 9.13. The van der Waals surface area contributed by atoms with Gasteiger partial charge in [-0.05, 0) is 69.1 Å². The maximum Gasteiger partial charge on any atom is 0.0843 e. The minimum atomic E-state index is 0.350. The maximum atomic E-state index is 9.25. The third-order valence-corrected chi connectivity index (χ3v) is 6.71. The molecule has 0 aromatic carbocycles. The second kappa shape index (κ2) is 6.66. The molecule has 1 heterocycles. The number of thiophene rings is 1. The Morgan fingerprint density at radius 3 is 2.76 bits per heavy atom. The van der Waals surface area contributed by atoms with Crippen LogP contribution in [-0.2, 0) is 6.54 Å². The molecule has 0 aliphatic heterocycles. The van der Waals surface area contributed by atoms with Crippen LogP contribution in [0, 0.1) is 11.8 Å². The first-order valence-electron chi connectivity index (χ1n) is 5.96. The Morgan fingerprint density at radius 1 is 1.35 bits per heavy atom. The van der Waals surface area contributed by atoms with Crippen molar-refractivity contribution in [1.82, 2.24) is 5.32 Å². The lowest BCUT2D eigenvalue weighted by Gasteiger charge is -2.17. The first kappa shape index (κ1) is 14.0. The van der Waals surface area contributed by atoms with Gasteiger partial charge in [0.05, 0.1) is 3.79 Å². The minimum Gasteiger partial charge on any atom is -0.396 e. The summed E-state index contributed by atoms with van der Waals surface area (Å²) in [5.41, 5.74) is 0. The van der Waals surface area contributed by atoms with E-state index in [-0.39, 0.29) is 0 Å². The van der Waals surface area contributed by atoms with Crippen molar-refractivity contribution in [2.24, 2.45) is 11.8 Å². The molecule has 0 spiro atoms. The van der Waals surface area contributed by atoms with Crippen molar-refractivity contribution in [2.45, 2.75) is 25.8 Å². The van der Waals surface area contributed by atoms with Gasteiger partial charge in [-0.1, -0.05) is 6.42 Å². The Kier molecular flexibility index (Phi) is 5.49. The summed E-state index contributed by atoms with van der Waals surface area (Å²) in [4.78, 5) is 1.34. The topological polar surface area (TPSA) is 32.3 Å². The molecule has 1 aromatic rings. The third kappa shape index (κ3) is 3.77. The Labute approximate surface area is 123 Å². The fourth-order valence-corrected chi connectivity index (χ4v) is 4.63. The third-order valence-electron chi connectivity index (χ3n) is 3.45. The Hall–Kier alpha value is 0.580. The number of aliphatic hydroxyl groups excluding tert-OH is 1. The van der Waals surface area contributed by atoms with Crippen molar-refractivity contribution in [3.63, 3.8) is 0 Å². The van der Waals surface area contributed by atoms with Crippen LogP contribution in [0.1, 0.15) is 24.1 Å². The zero-order valence-corrected chi connectivity index (χ0v) is 13.6. The molecule has 0 radical (unpaired) electrons. The molecule has 1 fully saturated rings. The van der Waals surface area contributed by atoms with E-state index >= 15 is 0 Å². The Balaban J connectivity index is 1.75. The minimum absolute atomic E-state index is 0.350.